The Morgan fingerprint density at radius 2 is 1.62 bits per heavy atom. The van der Waals surface area contributed by atoms with Crippen molar-refractivity contribution in [2.75, 3.05) is 0 Å². The maximum absolute atomic E-state index is 5.03. The number of allylic oxidation sites excluding steroid dienone is 3. The third kappa shape index (κ3) is 2.47. The van der Waals surface area contributed by atoms with Crippen LogP contribution in [-0.4, -0.2) is 9.97 Å². The Morgan fingerprint density at radius 3 is 2.56 bits per heavy atom. The molecule has 2 aromatic heterocycles. The van der Waals surface area contributed by atoms with Crippen LogP contribution in [0.5, 0.6) is 0 Å². The maximum atomic E-state index is 5.03. The molecule has 7 rings (SSSR count). The molecule has 1 atom stereocenters. The van der Waals surface area contributed by atoms with Gasteiger partial charge in [0.15, 0.2) is 0 Å². The van der Waals surface area contributed by atoms with Gasteiger partial charge >= 0.3 is 0 Å². The average Bonchev–Trinajstić information content (AvgIpc) is 2.87. The number of pyridine rings is 2. The number of nitrogens with zero attached hydrogens (tertiary/aromatic N) is 2. The molecule has 2 heteroatoms. The molecule has 2 aliphatic carbocycles. The van der Waals surface area contributed by atoms with Gasteiger partial charge in [-0.1, -0.05) is 66.8 Å². The predicted molar refractivity (Wildman–Crippen MR) is 133 cm³/mol. The van der Waals surface area contributed by atoms with Gasteiger partial charge in [-0.05, 0) is 68.6 Å². The lowest BCUT2D eigenvalue weighted by molar-refractivity contribution is 0.845. The lowest BCUT2D eigenvalue weighted by Crippen LogP contribution is -2.20. The quantitative estimate of drug-likeness (QED) is 0.325. The standard InChI is InChI=1S/C30H20N2/c1-5-20-6-2-8-24-26-14-13-21(22-9-3-10-25(30(22)26)23(7-1)29(20)24)28-12-4-11-27(32-28)19-15-17-31-18-16-19/h1-4,6-18,20H,5H2. The van der Waals surface area contributed by atoms with E-state index in [1.807, 2.05) is 24.5 Å². The second-order valence-corrected chi connectivity index (χ2v) is 8.57. The summed E-state index contributed by atoms with van der Waals surface area (Å²) in [4.78, 5) is 9.17. The van der Waals surface area contributed by atoms with Gasteiger partial charge in [-0.25, -0.2) is 4.98 Å². The number of fused-ring (bicyclic) bond motifs is 2. The van der Waals surface area contributed by atoms with Gasteiger partial charge in [-0.3, -0.25) is 4.98 Å². The first-order valence-electron chi connectivity index (χ1n) is 11.1. The summed E-state index contributed by atoms with van der Waals surface area (Å²) in [6.07, 6.45) is 16.2. The normalized spacial score (nSPS) is 16.3. The molecule has 0 bridgehead atoms. The Bertz CT molecular complexity index is 1640. The van der Waals surface area contributed by atoms with Gasteiger partial charge in [0, 0.05) is 29.4 Å². The molecule has 0 saturated carbocycles. The minimum absolute atomic E-state index is 0.483. The van der Waals surface area contributed by atoms with Crippen molar-refractivity contribution in [2.45, 2.75) is 12.3 Å². The van der Waals surface area contributed by atoms with Crippen molar-refractivity contribution in [2.24, 2.45) is 0 Å². The second kappa shape index (κ2) is 6.73. The molecule has 5 aromatic rings. The van der Waals surface area contributed by atoms with Crippen LogP contribution in [0, 0.1) is 0 Å². The minimum atomic E-state index is 0.483. The Labute approximate surface area is 186 Å². The van der Waals surface area contributed by atoms with Crippen molar-refractivity contribution in [3.8, 4) is 22.5 Å². The Kier molecular flexibility index (Phi) is 3.71. The van der Waals surface area contributed by atoms with Gasteiger partial charge in [0.05, 0.1) is 11.4 Å². The molecule has 32 heavy (non-hydrogen) atoms. The van der Waals surface area contributed by atoms with Gasteiger partial charge in [0.1, 0.15) is 0 Å². The van der Waals surface area contributed by atoms with E-state index < -0.39 is 0 Å². The van der Waals surface area contributed by atoms with E-state index in [4.69, 9.17) is 4.98 Å². The number of hydrogen-bond acceptors (Lipinski definition) is 2. The SMILES string of the molecule is C1=CC2CC=Cc3c2c(c2ccc(-c4cccc(-c5ccncc5)n4)c4cccc3c42)=C1. The molecule has 0 amide bonds. The fourth-order valence-electron chi connectivity index (χ4n) is 5.45. The predicted octanol–water partition coefficient (Wildman–Crippen LogP) is 6.69. The van der Waals surface area contributed by atoms with Crippen LogP contribution in [0.3, 0.4) is 0 Å². The zero-order valence-electron chi connectivity index (χ0n) is 17.5. The molecule has 1 unspecified atom stereocenters. The molecule has 0 radical (unpaired) electrons. The number of hydrogen-bond donors (Lipinski definition) is 0. The second-order valence-electron chi connectivity index (χ2n) is 8.57. The fourth-order valence-corrected chi connectivity index (χ4v) is 5.45. The van der Waals surface area contributed by atoms with Crippen molar-refractivity contribution >= 4 is 33.7 Å². The minimum Gasteiger partial charge on any atom is -0.265 e. The van der Waals surface area contributed by atoms with E-state index in [2.05, 4.69) is 83.9 Å². The zero-order valence-corrected chi connectivity index (χ0v) is 17.5. The van der Waals surface area contributed by atoms with Gasteiger partial charge < -0.3 is 0 Å². The largest absolute Gasteiger partial charge is 0.265 e. The van der Waals surface area contributed by atoms with Crippen molar-refractivity contribution in [3.05, 3.63) is 108 Å². The molecule has 150 valence electrons. The van der Waals surface area contributed by atoms with Gasteiger partial charge in [0.2, 0.25) is 0 Å². The molecule has 2 aliphatic rings. The van der Waals surface area contributed by atoms with Crippen molar-refractivity contribution in [3.63, 3.8) is 0 Å². The van der Waals surface area contributed by atoms with E-state index in [0.717, 1.165) is 23.4 Å². The zero-order chi connectivity index (χ0) is 21.1. The summed E-state index contributed by atoms with van der Waals surface area (Å²) in [5.74, 6) is 0.483. The summed E-state index contributed by atoms with van der Waals surface area (Å²) in [6, 6.07) is 21.5. The van der Waals surface area contributed by atoms with Crippen LogP contribution in [0.25, 0.3) is 56.2 Å². The van der Waals surface area contributed by atoms with Gasteiger partial charge in [-0.2, -0.15) is 0 Å². The third-order valence-corrected chi connectivity index (χ3v) is 6.85. The highest BCUT2D eigenvalue weighted by Gasteiger charge is 2.23. The highest BCUT2D eigenvalue weighted by molar-refractivity contribution is 6.18. The van der Waals surface area contributed by atoms with E-state index in [0.29, 0.717) is 5.92 Å². The van der Waals surface area contributed by atoms with E-state index in [9.17, 15) is 0 Å². The molecule has 0 N–H and O–H groups in total. The summed E-state index contributed by atoms with van der Waals surface area (Å²) < 4.78 is 0. The summed E-state index contributed by atoms with van der Waals surface area (Å²) in [7, 11) is 0. The van der Waals surface area contributed by atoms with Gasteiger partial charge in [0.25, 0.3) is 0 Å². The average molecular weight is 409 g/mol. The van der Waals surface area contributed by atoms with E-state index in [1.165, 1.54) is 43.5 Å². The Hall–Kier alpha value is -4.04. The van der Waals surface area contributed by atoms with Crippen LogP contribution in [0.2, 0.25) is 0 Å². The van der Waals surface area contributed by atoms with Crippen LogP contribution in [0.15, 0.2) is 91.3 Å². The number of benzene rings is 3. The molecule has 2 heterocycles. The molecule has 0 aliphatic heterocycles. The van der Waals surface area contributed by atoms with Crippen LogP contribution in [0.1, 0.15) is 23.5 Å². The Balaban J connectivity index is 1.54. The van der Waals surface area contributed by atoms with Crippen LogP contribution < -0.4 is 5.22 Å². The van der Waals surface area contributed by atoms with Crippen LogP contribution in [0.4, 0.5) is 0 Å². The van der Waals surface area contributed by atoms with Crippen molar-refractivity contribution in [1.82, 2.24) is 9.97 Å². The smallest absolute Gasteiger partial charge is 0.0715 e. The fraction of sp³-hybridized carbons (Fsp3) is 0.0667. The lowest BCUT2D eigenvalue weighted by atomic mass is 9.78. The molecular weight excluding hydrogens is 388 g/mol. The third-order valence-electron chi connectivity index (χ3n) is 6.85. The van der Waals surface area contributed by atoms with E-state index in [1.54, 1.807) is 0 Å². The summed E-state index contributed by atoms with van der Waals surface area (Å²) >= 11 is 0. The van der Waals surface area contributed by atoms with E-state index in [-0.39, 0.29) is 0 Å². The first kappa shape index (κ1) is 17.6. The summed E-state index contributed by atoms with van der Waals surface area (Å²) in [5, 5.41) is 6.66. The van der Waals surface area contributed by atoms with Crippen molar-refractivity contribution < 1.29 is 0 Å². The first-order valence-corrected chi connectivity index (χ1v) is 11.1. The molecule has 0 fully saturated rings. The molecule has 2 nitrogen and oxygen atoms in total. The first-order chi connectivity index (χ1) is 15.9. The summed E-state index contributed by atoms with van der Waals surface area (Å²) in [5.41, 5.74) is 7.09. The summed E-state index contributed by atoms with van der Waals surface area (Å²) in [6.45, 7) is 0. The van der Waals surface area contributed by atoms with E-state index >= 15 is 0 Å². The maximum Gasteiger partial charge on any atom is 0.0715 e. The molecule has 3 aromatic carbocycles. The van der Waals surface area contributed by atoms with Gasteiger partial charge in [-0.15, -0.1) is 0 Å². The number of rotatable bonds is 2. The number of aromatic nitrogens is 2. The molecular formula is C30H20N2. The van der Waals surface area contributed by atoms with Crippen LogP contribution >= 0.6 is 0 Å². The topological polar surface area (TPSA) is 25.8 Å². The van der Waals surface area contributed by atoms with Crippen molar-refractivity contribution in [1.29, 1.82) is 0 Å². The molecule has 0 spiro atoms. The Morgan fingerprint density at radius 1 is 0.781 bits per heavy atom. The molecule has 0 saturated heterocycles. The van der Waals surface area contributed by atoms with Crippen LogP contribution in [-0.2, 0) is 0 Å². The highest BCUT2D eigenvalue weighted by atomic mass is 14.7. The lowest BCUT2D eigenvalue weighted by Gasteiger charge is -2.25. The highest BCUT2D eigenvalue weighted by Crippen LogP contribution is 2.40. The monoisotopic (exact) mass is 408 g/mol.